The summed E-state index contributed by atoms with van der Waals surface area (Å²) < 4.78 is 0. The van der Waals surface area contributed by atoms with E-state index >= 15 is 0 Å². The predicted octanol–water partition coefficient (Wildman–Crippen LogP) is 3.41. The number of hydrogen-bond acceptors (Lipinski definition) is 3. The molecule has 3 rings (SSSR count). The van der Waals surface area contributed by atoms with Crippen molar-refractivity contribution in [2.45, 2.75) is 51.5 Å². The molecule has 1 aromatic heterocycles. The fraction of sp³-hybridized carbons (Fsp3) is 0.750. The van der Waals surface area contributed by atoms with Gasteiger partial charge in [-0.1, -0.05) is 19.3 Å². The number of thiophene rings is 1. The van der Waals surface area contributed by atoms with Crippen LogP contribution in [0.4, 0.5) is 0 Å². The van der Waals surface area contributed by atoms with Crippen LogP contribution in [0.15, 0.2) is 11.4 Å². The summed E-state index contributed by atoms with van der Waals surface area (Å²) >= 11 is 1.93. The number of rotatable bonds is 4. The fourth-order valence-electron chi connectivity index (χ4n) is 3.75. The highest BCUT2D eigenvalue weighted by molar-refractivity contribution is 7.10. The van der Waals surface area contributed by atoms with Crippen LogP contribution in [0.3, 0.4) is 0 Å². The van der Waals surface area contributed by atoms with Crippen molar-refractivity contribution in [2.24, 2.45) is 11.1 Å². The van der Waals surface area contributed by atoms with Crippen LogP contribution in [0.2, 0.25) is 0 Å². The Balaban J connectivity index is 1.55. The summed E-state index contributed by atoms with van der Waals surface area (Å²) in [7, 11) is 0. The Kier molecular flexibility index (Phi) is 4.25. The number of nitrogens with two attached hydrogens (primary N) is 1. The molecule has 0 radical (unpaired) electrons. The van der Waals surface area contributed by atoms with E-state index in [9.17, 15) is 0 Å². The zero-order valence-corrected chi connectivity index (χ0v) is 12.7. The van der Waals surface area contributed by atoms with E-state index in [1.54, 1.807) is 10.4 Å². The minimum Gasteiger partial charge on any atom is -0.330 e. The quantitative estimate of drug-likeness (QED) is 0.914. The molecule has 0 aromatic carbocycles. The van der Waals surface area contributed by atoms with E-state index < -0.39 is 0 Å². The number of hydrogen-bond donors (Lipinski definition) is 1. The Hall–Kier alpha value is -0.380. The summed E-state index contributed by atoms with van der Waals surface area (Å²) in [5.41, 5.74) is 8.13. The van der Waals surface area contributed by atoms with Gasteiger partial charge in [-0.25, -0.2) is 0 Å². The highest BCUT2D eigenvalue weighted by Gasteiger charge is 2.31. The SMILES string of the molecule is NCC1(CCN2CCc3sccc3C2)CCCCC1. The molecule has 106 valence electrons. The molecule has 2 heterocycles. The molecule has 1 fully saturated rings. The molecule has 0 spiro atoms. The van der Waals surface area contributed by atoms with Crippen molar-refractivity contribution >= 4 is 11.3 Å². The molecule has 1 aliphatic heterocycles. The lowest BCUT2D eigenvalue weighted by atomic mass is 9.72. The zero-order chi connectivity index (χ0) is 13.1. The summed E-state index contributed by atoms with van der Waals surface area (Å²) in [5.74, 6) is 0. The smallest absolute Gasteiger partial charge is 0.0244 e. The third-order valence-corrected chi connectivity index (χ3v) is 6.22. The second kappa shape index (κ2) is 5.94. The van der Waals surface area contributed by atoms with E-state index in [1.165, 1.54) is 64.6 Å². The number of nitrogens with zero attached hydrogens (tertiary/aromatic N) is 1. The molecule has 0 unspecified atom stereocenters. The maximum atomic E-state index is 6.10. The maximum Gasteiger partial charge on any atom is 0.0244 e. The summed E-state index contributed by atoms with van der Waals surface area (Å²) in [4.78, 5) is 4.25. The molecule has 0 saturated heterocycles. The van der Waals surface area contributed by atoms with Gasteiger partial charge < -0.3 is 5.73 Å². The maximum absolute atomic E-state index is 6.10. The van der Waals surface area contributed by atoms with Crippen molar-refractivity contribution < 1.29 is 0 Å². The van der Waals surface area contributed by atoms with Gasteiger partial charge in [0, 0.05) is 18.0 Å². The molecule has 2 nitrogen and oxygen atoms in total. The summed E-state index contributed by atoms with van der Waals surface area (Å²) in [6.45, 7) is 4.55. The average Bonchev–Trinajstić information content (AvgIpc) is 2.93. The van der Waals surface area contributed by atoms with Gasteiger partial charge in [0.2, 0.25) is 0 Å². The van der Waals surface area contributed by atoms with Crippen LogP contribution < -0.4 is 5.73 Å². The molecule has 3 heteroatoms. The molecule has 0 atom stereocenters. The third-order valence-electron chi connectivity index (χ3n) is 5.19. The van der Waals surface area contributed by atoms with Gasteiger partial charge >= 0.3 is 0 Å². The zero-order valence-electron chi connectivity index (χ0n) is 11.9. The highest BCUT2D eigenvalue weighted by Crippen LogP contribution is 2.38. The van der Waals surface area contributed by atoms with Crippen molar-refractivity contribution in [3.8, 4) is 0 Å². The standard InChI is InChI=1S/C16H26N2S/c17-13-16(6-2-1-3-7-16)8-10-18-9-4-15-14(12-18)5-11-19-15/h5,11H,1-4,6-10,12-13,17H2. The Morgan fingerprint density at radius 2 is 2.11 bits per heavy atom. The van der Waals surface area contributed by atoms with E-state index in [0.29, 0.717) is 5.41 Å². The fourth-order valence-corrected chi connectivity index (χ4v) is 4.64. The average molecular weight is 278 g/mol. The van der Waals surface area contributed by atoms with E-state index in [2.05, 4.69) is 16.3 Å². The Morgan fingerprint density at radius 3 is 2.89 bits per heavy atom. The van der Waals surface area contributed by atoms with E-state index in [-0.39, 0.29) is 0 Å². The lowest BCUT2D eigenvalue weighted by Gasteiger charge is -2.38. The monoisotopic (exact) mass is 278 g/mol. The highest BCUT2D eigenvalue weighted by atomic mass is 32.1. The van der Waals surface area contributed by atoms with Gasteiger partial charge in [0.25, 0.3) is 0 Å². The van der Waals surface area contributed by atoms with Crippen molar-refractivity contribution in [3.05, 3.63) is 21.9 Å². The van der Waals surface area contributed by atoms with Crippen LogP contribution in [0.5, 0.6) is 0 Å². The first-order chi connectivity index (χ1) is 9.31. The van der Waals surface area contributed by atoms with Gasteiger partial charge in [-0.2, -0.15) is 0 Å². The predicted molar refractivity (Wildman–Crippen MR) is 82.5 cm³/mol. The molecule has 19 heavy (non-hydrogen) atoms. The first-order valence-electron chi connectivity index (χ1n) is 7.79. The third kappa shape index (κ3) is 3.04. The lowest BCUT2D eigenvalue weighted by molar-refractivity contribution is 0.141. The minimum absolute atomic E-state index is 0.465. The molecule has 1 aromatic rings. The minimum atomic E-state index is 0.465. The van der Waals surface area contributed by atoms with Crippen LogP contribution >= 0.6 is 11.3 Å². The van der Waals surface area contributed by atoms with Gasteiger partial charge in [-0.15, -0.1) is 11.3 Å². The first kappa shape index (κ1) is 13.6. The van der Waals surface area contributed by atoms with Crippen LogP contribution in [0.25, 0.3) is 0 Å². The van der Waals surface area contributed by atoms with E-state index in [0.717, 1.165) is 6.54 Å². The molecule has 0 bridgehead atoms. The van der Waals surface area contributed by atoms with Crippen molar-refractivity contribution in [3.63, 3.8) is 0 Å². The molecular formula is C16H26N2S. The number of fused-ring (bicyclic) bond motifs is 1. The van der Waals surface area contributed by atoms with Crippen LogP contribution in [0.1, 0.15) is 49.0 Å². The Labute approximate surface area is 121 Å². The molecule has 0 amide bonds. The Morgan fingerprint density at radius 1 is 1.26 bits per heavy atom. The van der Waals surface area contributed by atoms with Crippen molar-refractivity contribution in [1.82, 2.24) is 4.90 Å². The topological polar surface area (TPSA) is 29.3 Å². The van der Waals surface area contributed by atoms with E-state index in [1.807, 2.05) is 11.3 Å². The van der Waals surface area contributed by atoms with Crippen molar-refractivity contribution in [1.29, 1.82) is 0 Å². The summed E-state index contributed by atoms with van der Waals surface area (Å²) in [6, 6.07) is 2.31. The second-order valence-electron chi connectivity index (χ2n) is 6.41. The van der Waals surface area contributed by atoms with Gasteiger partial charge in [0.15, 0.2) is 0 Å². The second-order valence-corrected chi connectivity index (χ2v) is 7.41. The summed E-state index contributed by atoms with van der Waals surface area (Å²) in [6.07, 6.45) is 9.50. The largest absolute Gasteiger partial charge is 0.330 e. The Bertz CT molecular complexity index is 407. The molecule has 1 saturated carbocycles. The molecule has 2 aliphatic rings. The van der Waals surface area contributed by atoms with Gasteiger partial charge in [-0.05, 0) is 61.2 Å². The van der Waals surface area contributed by atoms with Crippen molar-refractivity contribution in [2.75, 3.05) is 19.6 Å². The van der Waals surface area contributed by atoms with Crippen LogP contribution in [-0.2, 0) is 13.0 Å². The van der Waals surface area contributed by atoms with Crippen LogP contribution in [0, 0.1) is 5.41 Å². The molecule has 1 aliphatic carbocycles. The van der Waals surface area contributed by atoms with Gasteiger partial charge in [0.05, 0.1) is 0 Å². The van der Waals surface area contributed by atoms with Gasteiger partial charge in [0.1, 0.15) is 0 Å². The van der Waals surface area contributed by atoms with Gasteiger partial charge in [-0.3, -0.25) is 4.90 Å². The molecular weight excluding hydrogens is 252 g/mol. The summed E-state index contributed by atoms with van der Waals surface area (Å²) in [5, 5.41) is 2.25. The van der Waals surface area contributed by atoms with Crippen LogP contribution in [-0.4, -0.2) is 24.5 Å². The van der Waals surface area contributed by atoms with E-state index in [4.69, 9.17) is 5.73 Å². The normalized spacial score (nSPS) is 23.2. The first-order valence-corrected chi connectivity index (χ1v) is 8.67. The lowest BCUT2D eigenvalue weighted by Crippen LogP contribution is -2.38. The molecule has 2 N–H and O–H groups in total.